The standard InChI is InChI=1S/C52H83Cl3N2O13/c1-6-9-11-13-15-17-19-21-26-30-41(67-43(58)31-27-22-20-18-16-14-12-10-7-2)33-44(59)69-47-45(57-50(61)65-38-52(53,54)55)48(68-42-37-66-51(4,5)70-46(42)47)64-36-40(56-49(60)63-32-8-3)35-62-34-39-28-24-23-25-29-39/h8,23-25,28-29,40-42,45-48H,3,6-7,9-22,26-27,30-38H2,1-2,4-5H3,(H,56,60)(H,57,61)/t40-,41+,42+,45+,46+,47+,48+/m0/s1. The van der Waals surface area contributed by atoms with E-state index in [4.69, 9.17) is 77.4 Å². The zero-order valence-electron chi connectivity index (χ0n) is 42.2. The fourth-order valence-corrected chi connectivity index (χ4v) is 8.42. The highest BCUT2D eigenvalue weighted by atomic mass is 35.6. The summed E-state index contributed by atoms with van der Waals surface area (Å²) in [7, 11) is 0. The normalized spacial score (nSPS) is 20.6. The number of benzene rings is 1. The third-order valence-electron chi connectivity index (χ3n) is 11.9. The molecule has 2 aliphatic rings. The predicted molar refractivity (Wildman–Crippen MR) is 271 cm³/mol. The topological polar surface area (TPSA) is 175 Å². The van der Waals surface area contributed by atoms with Crippen LogP contribution >= 0.6 is 34.8 Å². The van der Waals surface area contributed by atoms with Crippen molar-refractivity contribution < 1.29 is 61.8 Å². The first kappa shape index (κ1) is 61.4. The van der Waals surface area contributed by atoms with E-state index in [0.29, 0.717) is 12.8 Å². The van der Waals surface area contributed by atoms with Crippen molar-refractivity contribution in [3.63, 3.8) is 0 Å². The maximum Gasteiger partial charge on any atom is 0.407 e. The van der Waals surface area contributed by atoms with Crippen molar-refractivity contribution in [3.8, 4) is 0 Å². The third kappa shape index (κ3) is 27.2. The van der Waals surface area contributed by atoms with Gasteiger partial charge in [-0.25, -0.2) is 9.59 Å². The molecule has 400 valence electrons. The van der Waals surface area contributed by atoms with Crippen LogP contribution in [-0.2, 0) is 58.8 Å². The van der Waals surface area contributed by atoms with Gasteiger partial charge < -0.3 is 53.3 Å². The van der Waals surface area contributed by atoms with Crippen LogP contribution < -0.4 is 10.6 Å². The molecule has 0 saturated carbocycles. The number of hydrogen-bond acceptors (Lipinski definition) is 13. The van der Waals surface area contributed by atoms with Gasteiger partial charge in [0.25, 0.3) is 0 Å². The molecule has 7 atom stereocenters. The summed E-state index contributed by atoms with van der Waals surface area (Å²) in [6, 6.07) is 7.37. The summed E-state index contributed by atoms with van der Waals surface area (Å²) >= 11 is 17.8. The van der Waals surface area contributed by atoms with E-state index < -0.39 is 77.1 Å². The summed E-state index contributed by atoms with van der Waals surface area (Å²) < 4.78 is 51.8. The highest BCUT2D eigenvalue weighted by Crippen LogP contribution is 2.35. The second-order valence-electron chi connectivity index (χ2n) is 18.7. The van der Waals surface area contributed by atoms with Gasteiger partial charge in [0, 0.05) is 6.42 Å². The van der Waals surface area contributed by atoms with E-state index in [-0.39, 0.29) is 51.8 Å². The second kappa shape index (κ2) is 35.3. The molecule has 0 bridgehead atoms. The fourth-order valence-electron chi connectivity index (χ4n) is 8.26. The molecule has 18 heteroatoms. The van der Waals surface area contributed by atoms with Crippen molar-refractivity contribution in [2.75, 3.05) is 33.0 Å². The molecule has 0 aromatic heterocycles. The highest BCUT2D eigenvalue weighted by molar-refractivity contribution is 6.67. The minimum absolute atomic E-state index is 0.00342. The first-order valence-corrected chi connectivity index (χ1v) is 26.9. The molecule has 0 unspecified atom stereocenters. The van der Waals surface area contributed by atoms with E-state index in [1.807, 2.05) is 30.3 Å². The summed E-state index contributed by atoms with van der Waals surface area (Å²) in [4.78, 5) is 53.8. The van der Waals surface area contributed by atoms with Crippen molar-refractivity contribution in [1.29, 1.82) is 0 Å². The second-order valence-corrected chi connectivity index (χ2v) is 21.2. The number of esters is 2. The summed E-state index contributed by atoms with van der Waals surface area (Å²) in [6.45, 7) is 10.8. The lowest BCUT2D eigenvalue weighted by molar-refractivity contribution is -0.369. The summed E-state index contributed by atoms with van der Waals surface area (Å²) in [5, 5.41) is 5.43. The van der Waals surface area contributed by atoms with E-state index in [0.717, 1.165) is 50.5 Å². The van der Waals surface area contributed by atoms with Gasteiger partial charge in [-0.3, -0.25) is 9.59 Å². The van der Waals surface area contributed by atoms with Crippen LogP contribution in [0.1, 0.15) is 168 Å². The molecule has 2 fully saturated rings. The molecule has 2 N–H and O–H groups in total. The van der Waals surface area contributed by atoms with Crippen LogP contribution in [0.3, 0.4) is 0 Å². The molecule has 2 saturated heterocycles. The Hall–Kier alpha value is -2.89. The highest BCUT2D eigenvalue weighted by Gasteiger charge is 2.54. The SMILES string of the molecule is C=CCOC(=O)N[C@@H](COCc1ccccc1)CO[C@@H]1O[C@@H]2COC(C)(C)O[C@H]2[C@H](OC(=O)C[C@@H](CCCCCCCCCCC)OC(=O)CCCCCCCCCCC)[C@H]1NC(=O)OCC(Cl)(Cl)Cl. The fraction of sp³-hybridized carbons (Fsp3) is 0.769. The molecule has 3 rings (SSSR count). The van der Waals surface area contributed by atoms with Gasteiger partial charge in [0.2, 0.25) is 3.79 Å². The van der Waals surface area contributed by atoms with Gasteiger partial charge in [-0.1, -0.05) is 194 Å². The van der Waals surface area contributed by atoms with E-state index in [1.165, 1.54) is 70.3 Å². The zero-order valence-corrected chi connectivity index (χ0v) is 44.5. The molecule has 2 amide bonds. The smallest absolute Gasteiger partial charge is 0.407 e. The van der Waals surface area contributed by atoms with Gasteiger partial charge in [-0.15, -0.1) is 0 Å². The maximum atomic E-state index is 14.3. The van der Waals surface area contributed by atoms with Crippen LogP contribution in [0.5, 0.6) is 0 Å². The van der Waals surface area contributed by atoms with E-state index in [9.17, 15) is 19.2 Å². The number of rotatable bonds is 36. The minimum atomic E-state index is -1.94. The number of alkyl halides is 3. The van der Waals surface area contributed by atoms with E-state index >= 15 is 0 Å². The molecule has 1 aromatic rings. The predicted octanol–water partition coefficient (Wildman–Crippen LogP) is 11.9. The van der Waals surface area contributed by atoms with Crippen LogP contribution in [0.25, 0.3) is 0 Å². The average molecular weight is 1050 g/mol. The zero-order chi connectivity index (χ0) is 51.0. The Morgan fingerprint density at radius 3 is 2.04 bits per heavy atom. The van der Waals surface area contributed by atoms with Crippen LogP contribution in [0.2, 0.25) is 0 Å². The quantitative estimate of drug-likeness (QED) is 0.0214. The van der Waals surface area contributed by atoms with Crippen molar-refractivity contribution in [1.82, 2.24) is 10.6 Å². The number of hydrogen-bond donors (Lipinski definition) is 2. The van der Waals surface area contributed by atoms with Crippen molar-refractivity contribution in [2.45, 2.75) is 222 Å². The summed E-state index contributed by atoms with van der Waals surface area (Å²) in [5.74, 6) is -2.20. The van der Waals surface area contributed by atoms with Crippen LogP contribution in [0.15, 0.2) is 43.0 Å². The van der Waals surface area contributed by atoms with Crippen LogP contribution in [0, 0.1) is 0 Å². The lowest BCUT2D eigenvalue weighted by Gasteiger charge is -2.50. The number of halogens is 3. The Bertz CT molecular complexity index is 1620. The maximum absolute atomic E-state index is 14.3. The first-order chi connectivity index (χ1) is 33.6. The lowest BCUT2D eigenvalue weighted by Crippen LogP contribution is -2.69. The third-order valence-corrected chi connectivity index (χ3v) is 12.3. The Morgan fingerprint density at radius 2 is 1.43 bits per heavy atom. The molecule has 2 heterocycles. The number of nitrogens with one attached hydrogen (secondary N) is 2. The molecule has 70 heavy (non-hydrogen) atoms. The van der Waals surface area contributed by atoms with E-state index in [1.54, 1.807) is 13.8 Å². The number of alkyl carbamates (subject to hydrolysis) is 2. The Kier molecular flexibility index (Phi) is 31.0. The van der Waals surface area contributed by atoms with Crippen molar-refractivity contribution in [2.24, 2.45) is 0 Å². The first-order valence-electron chi connectivity index (χ1n) is 25.8. The van der Waals surface area contributed by atoms with Gasteiger partial charge >= 0.3 is 24.1 Å². The molecule has 15 nitrogen and oxygen atoms in total. The number of fused-ring (bicyclic) bond motifs is 1. The van der Waals surface area contributed by atoms with Gasteiger partial charge in [0.05, 0.1) is 38.9 Å². The van der Waals surface area contributed by atoms with Gasteiger partial charge in [-0.05, 0) is 38.7 Å². The lowest BCUT2D eigenvalue weighted by atomic mass is 9.95. The minimum Gasteiger partial charge on any atom is -0.462 e. The Balaban J connectivity index is 1.83. The van der Waals surface area contributed by atoms with Crippen LogP contribution in [0.4, 0.5) is 9.59 Å². The largest absolute Gasteiger partial charge is 0.462 e. The molecular formula is C52H83Cl3N2O13. The average Bonchev–Trinajstić information content (AvgIpc) is 3.31. The molecule has 2 aliphatic heterocycles. The monoisotopic (exact) mass is 1050 g/mol. The Labute approximate surface area is 432 Å². The molecule has 0 radical (unpaired) electrons. The van der Waals surface area contributed by atoms with Crippen LogP contribution in [-0.4, -0.2) is 110 Å². The van der Waals surface area contributed by atoms with Crippen molar-refractivity contribution in [3.05, 3.63) is 48.6 Å². The summed E-state index contributed by atoms with van der Waals surface area (Å²) in [6.07, 6.45) is 14.9. The Morgan fingerprint density at radius 1 is 0.814 bits per heavy atom. The summed E-state index contributed by atoms with van der Waals surface area (Å²) in [5.41, 5.74) is 0.907. The molecule has 0 aliphatic carbocycles. The number of carbonyl (C=O) groups is 4. The molecule has 0 spiro atoms. The van der Waals surface area contributed by atoms with Gasteiger partial charge in [-0.2, -0.15) is 0 Å². The van der Waals surface area contributed by atoms with Gasteiger partial charge in [0.15, 0.2) is 18.2 Å². The number of amides is 2. The van der Waals surface area contributed by atoms with Gasteiger partial charge in [0.1, 0.15) is 37.6 Å². The number of ether oxygens (including phenoxy) is 9. The van der Waals surface area contributed by atoms with E-state index in [2.05, 4.69) is 31.1 Å². The number of unbranched alkanes of at least 4 members (excludes halogenated alkanes) is 16. The molecule has 1 aromatic carbocycles. The van der Waals surface area contributed by atoms with Crippen molar-refractivity contribution >= 4 is 58.9 Å². The number of carbonyl (C=O) groups excluding carboxylic acids is 4. The molecular weight excluding hydrogens is 967 g/mol.